The summed E-state index contributed by atoms with van der Waals surface area (Å²) >= 11 is 0. The highest BCUT2D eigenvalue weighted by atomic mass is 16.2. The van der Waals surface area contributed by atoms with Crippen molar-refractivity contribution in [2.45, 2.75) is 45.1 Å². The van der Waals surface area contributed by atoms with E-state index in [1.165, 1.54) is 0 Å². The van der Waals surface area contributed by atoms with Gasteiger partial charge in [0.25, 0.3) is 0 Å². The van der Waals surface area contributed by atoms with E-state index >= 15 is 0 Å². The van der Waals surface area contributed by atoms with Crippen LogP contribution < -0.4 is 5.73 Å². The highest BCUT2D eigenvalue weighted by Gasteiger charge is 2.35. The molecule has 1 fully saturated rings. The van der Waals surface area contributed by atoms with Crippen molar-refractivity contribution in [3.05, 3.63) is 0 Å². The number of likely N-dealkylation sites (tertiary alicyclic amines) is 1. The number of piperidine rings is 1. The molecular formula is C14H27N3O2. The molecule has 0 bridgehead atoms. The second-order valence-corrected chi connectivity index (χ2v) is 5.97. The van der Waals surface area contributed by atoms with Crippen LogP contribution in [0.25, 0.3) is 0 Å². The van der Waals surface area contributed by atoms with Gasteiger partial charge in [-0.15, -0.1) is 0 Å². The minimum absolute atomic E-state index is 0.0186. The second kappa shape index (κ2) is 6.37. The van der Waals surface area contributed by atoms with Crippen LogP contribution in [0.3, 0.4) is 0 Å². The first-order chi connectivity index (χ1) is 8.79. The number of carbonyl (C=O) groups excluding carboxylic acids is 2. The molecule has 1 unspecified atom stereocenters. The molecule has 1 aliphatic heterocycles. The molecule has 5 heteroatoms. The molecular weight excluding hydrogens is 242 g/mol. The highest BCUT2D eigenvalue weighted by Crippen LogP contribution is 2.22. The number of carbonyl (C=O) groups is 2. The molecule has 2 amide bonds. The maximum absolute atomic E-state index is 12.3. The molecule has 0 aromatic heterocycles. The van der Waals surface area contributed by atoms with E-state index in [1.54, 1.807) is 25.9 Å². The number of nitrogens with zero attached hydrogens (tertiary/aromatic N) is 2. The zero-order valence-corrected chi connectivity index (χ0v) is 12.6. The standard InChI is InChI=1S/C14H27N3O2/c1-5-8-14(2,15)13(19)17-9-6-11(7-10-17)12(18)16(3)4/h11H,5-10,15H2,1-4H3. The SMILES string of the molecule is CCCC(C)(N)C(=O)N1CCC(C(=O)N(C)C)CC1. The van der Waals surface area contributed by atoms with E-state index in [9.17, 15) is 9.59 Å². The molecule has 0 saturated carbocycles. The van der Waals surface area contributed by atoms with Crippen LogP contribution in [-0.4, -0.2) is 54.3 Å². The van der Waals surface area contributed by atoms with Crippen molar-refractivity contribution in [2.75, 3.05) is 27.2 Å². The first-order valence-electron chi connectivity index (χ1n) is 7.09. The summed E-state index contributed by atoms with van der Waals surface area (Å²) in [4.78, 5) is 27.6. The Bertz CT molecular complexity index is 332. The highest BCUT2D eigenvalue weighted by molar-refractivity contribution is 5.86. The molecule has 2 N–H and O–H groups in total. The van der Waals surface area contributed by atoms with Crippen molar-refractivity contribution in [2.24, 2.45) is 11.7 Å². The maximum atomic E-state index is 12.3. The summed E-state index contributed by atoms with van der Waals surface area (Å²) in [5, 5.41) is 0. The van der Waals surface area contributed by atoms with Crippen LogP contribution in [0.4, 0.5) is 0 Å². The van der Waals surface area contributed by atoms with E-state index in [2.05, 4.69) is 0 Å². The Kier molecular flexibility index (Phi) is 5.35. The largest absolute Gasteiger partial charge is 0.349 e. The number of hydrogen-bond donors (Lipinski definition) is 1. The van der Waals surface area contributed by atoms with Gasteiger partial charge >= 0.3 is 0 Å². The van der Waals surface area contributed by atoms with Crippen LogP contribution in [0.1, 0.15) is 39.5 Å². The topological polar surface area (TPSA) is 66.6 Å². The zero-order valence-electron chi connectivity index (χ0n) is 12.6. The summed E-state index contributed by atoms with van der Waals surface area (Å²) < 4.78 is 0. The van der Waals surface area contributed by atoms with Gasteiger partial charge in [-0.05, 0) is 26.2 Å². The first kappa shape index (κ1) is 16.0. The normalized spacial score (nSPS) is 19.9. The summed E-state index contributed by atoms with van der Waals surface area (Å²) in [7, 11) is 3.55. The Hall–Kier alpha value is -1.10. The lowest BCUT2D eigenvalue weighted by Crippen LogP contribution is -2.55. The Labute approximate surface area is 116 Å². The van der Waals surface area contributed by atoms with Crippen molar-refractivity contribution in [1.29, 1.82) is 0 Å². The smallest absolute Gasteiger partial charge is 0.242 e. The van der Waals surface area contributed by atoms with Gasteiger partial charge in [-0.1, -0.05) is 13.3 Å². The molecule has 0 aromatic rings. The van der Waals surface area contributed by atoms with Crippen LogP contribution in [0, 0.1) is 5.92 Å². The summed E-state index contributed by atoms with van der Waals surface area (Å²) in [5.41, 5.74) is 5.31. The minimum atomic E-state index is -0.771. The number of rotatable bonds is 4. The van der Waals surface area contributed by atoms with E-state index in [0.29, 0.717) is 19.5 Å². The Morgan fingerprint density at radius 2 is 1.84 bits per heavy atom. The lowest BCUT2D eigenvalue weighted by molar-refractivity contribution is -0.142. The fraction of sp³-hybridized carbons (Fsp3) is 0.857. The average molecular weight is 269 g/mol. The monoisotopic (exact) mass is 269 g/mol. The quantitative estimate of drug-likeness (QED) is 0.822. The van der Waals surface area contributed by atoms with Gasteiger partial charge in [0.2, 0.25) is 11.8 Å². The molecule has 1 heterocycles. The molecule has 1 atom stereocenters. The van der Waals surface area contributed by atoms with Gasteiger partial charge < -0.3 is 15.5 Å². The molecule has 1 rings (SSSR count). The van der Waals surface area contributed by atoms with Crippen LogP contribution >= 0.6 is 0 Å². The molecule has 5 nitrogen and oxygen atoms in total. The van der Waals surface area contributed by atoms with Crippen molar-refractivity contribution in [3.63, 3.8) is 0 Å². The summed E-state index contributed by atoms with van der Waals surface area (Å²) in [5.74, 6) is 0.232. The van der Waals surface area contributed by atoms with Gasteiger partial charge in [0.05, 0.1) is 5.54 Å². The predicted molar refractivity (Wildman–Crippen MR) is 75.5 cm³/mol. The maximum Gasteiger partial charge on any atom is 0.242 e. The van der Waals surface area contributed by atoms with Crippen molar-refractivity contribution in [3.8, 4) is 0 Å². The van der Waals surface area contributed by atoms with Gasteiger partial charge in [0.15, 0.2) is 0 Å². The van der Waals surface area contributed by atoms with Gasteiger partial charge in [0.1, 0.15) is 0 Å². The Balaban J connectivity index is 2.54. The predicted octanol–water partition coefficient (Wildman–Crippen LogP) is 0.831. The number of hydrogen-bond acceptors (Lipinski definition) is 3. The number of amides is 2. The second-order valence-electron chi connectivity index (χ2n) is 5.97. The van der Waals surface area contributed by atoms with Crippen LogP contribution in [0.5, 0.6) is 0 Å². The minimum Gasteiger partial charge on any atom is -0.349 e. The van der Waals surface area contributed by atoms with Gasteiger partial charge in [-0.3, -0.25) is 9.59 Å². The molecule has 0 aromatic carbocycles. The zero-order chi connectivity index (χ0) is 14.6. The van der Waals surface area contributed by atoms with Gasteiger partial charge in [-0.25, -0.2) is 0 Å². The molecule has 1 aliphatic rings. The van der Waals surface area contributed by atoms with Gasteiger partial charge in [-0.2, -0.15) is 0 Å². The van der Waals surface area contributed by atoms with Crippen LogP contribution in [0.15, 0.2) is 0 Å². The van der Waals surface area contributed by atoms with E-state index < -0.39 is 5.54 Å². The third kappa shape index (κ3) is 3.93. The summed E-state index contributed by atoms with van der Waals surface area (Å²) in [6.07, 6.45) is 3.08. The van der Waals surface area contributed by atoms with Crippen molar-refractivity contribution in [1.82, 2.24) is 9.80 Å². The van der Waals surface area contributed by atoms with Crippen LogP contribution in [0.2, 0.25) is 0 Å². The van der Waals surface area contributed by atoms with Crippen molar-refractivity contribution >= 4 is 11.8 Å². The molecule has 110 valence electrons. The van der Waals surface area contributed by atoms with E-state index in [4.69, 9.17) is 5.73 Å². The van der Waals surface area contributed by atoms with E-state index in [0.717, 1.165) is 19.3 Å². The molecule has 0 spiro atoms. The molecule has 1 saturated heterocycles. The molecule has 0 aliphatic carbocycles. The fourth-order valence-corrected chi connectivity index (χ4v) is 2.68. The van der Waals surface area contributed by atoms with Crippen LogP contribution in [-0.2, 0) is 9.59 Å². The van der Waals surface area contributed by atoms with Gasteiger partial charge in [0, 0.05) is 33.1 Å². The number of nitrogens with two attached hydrogens (primary N) is 1. The molecule has 19 heavy (non-hydrogen) atoms. The lowest BCUT2D eigenvalue weighted by atomic mass is 9.91. The summed E-state index contributed by atoms with van der Waals surface area (Å²) in [6, 6.07) is 0. The summed E-state index contributed by atoms with van der Waals surface area (Å²) in [6.45, 7) is 5.11. The average Bonchev–Trinajstić information content (AvgIpc) is 2.37. The van der Waals surface area contributed by atoms with E-state index in [1.807, 2.05) is 11.8 Å². The Morgan fingerprint density at radius 3 is 2.26 bits per heavy atom. The fourth-order valence-electron chi connectivity index (χ4n) is 2.68. The third-order valence-electron chi connectivity index (χ3n) is 3.83. The Morgan fingerprint density at radius 1 is 1.32 bits per heavy atom. The van der Waals surface area contributed by atoms with Crippen molar-refractivity contribution < 1.29 is 9.59 Å². The first-order valence-corrected chi connectivity index (χ1v) is 7.09. The third-order valence-corrected chi connectivity index (χ3v) is 3.83. The molecule has 0 radical (unpaired) electrons. The lowest BCUT2D eigenvalue weighted by Gasteiger charge is -2.37. The van der Waals surface area contributed by atoms with E-state index in [-0.39, 0.29) is 17.7 Å².